The number of thiocarbonyl (C=S) groups is 1. The molecule has 0 aliphatic heterocycles. The first kappa shape index (κ1) is 15.4. The molecule has 108 valence electrons. The average Bonchev–Trinajstić information content (AvgIpc) is 2.48. The number of anilines is 1. The highest BCUT2D eigenvalue weighted by Gasteiger charge is 2.15. The fourth-order valence-electron chi connectivity index (χ4n) is 1.81. The van der Waals surface area contributed by atoms with Gasteiger partial charge in [-0.05, 0) is 30.3 Å². The first-order chi connectivity index (χ1) is 9.90. The van der Waals surface area contributed by atoms with Crippen molar-refractivity contribution in [1.29, 1.82) is 0 Å². The van der Waals surface area contributed by atoms with Gasteiger partial charge in [0, 0.05) is 23.9 Å². The molecule has 2 aromatic carbocycles. The van der Waals surface area contributed by atoms with Gasteiger partial charge in [-0.25, -0.2) is 4.39 Å². The van der Waals surface area contributed by atoms with Gasteiger partial charge in [0.2, 0.25) is 0 Å². The van der Waals surface area contributed by atoms with Crippen LogP contribution in [0.4, 0.5) is 10.1 Å². The maximum atomic E-state index is 13.4. The second-order valence-corrected chi connectivity index (χ2v) is 5.25. The molecule has 0 unspecified atom stereocenters. The molecule has 0 radical (unpaired) electrons. The zero-order chi connectivity index (χ0) is 15.6. The lowest BCUT2D eigenvalue weighted by molar-refractivity contribution is 0.0992. The maximum absolute atomic E-state index is 13.4. The van der Waals surface area contributed by atoms with Crippen LogP contribution >= 0.6 is 23.8 Å². The van der Waals surface area contributed by atoms with E-state index in [9.17, 15) is 9.18 Å². The summed E-state index contributed by atoms with van der Waals surface area (Å²) in [4.78, 5) is 14.0. The molecular weight excluding hydrogens is 311 g/mol. The van der Waals surface area contributed by atoms with Gasteiger partial charge >= 0.3 is 0 Å². The highest BCUT2D eigenvalue weighted by Crippen LogP contribution is 2.20. The number of carbonyl (C=O) groups is 1. The number of hydrogen-bond acceptors (Lipinski definition) is 2. The van der Waals surface area contributed by atoms with Crippen LogP contribution < -0.4 is 10.6 Å². The minimum absolute atomic E-state index is 0.0234. The predicted molar refractivity (Wildman–Crippen MR) is 86.5 cm³/mol. The lowest BCUT2D eigenvalue weighted by Crippen LogP contribution is -2.26. The molecule has 0 saturated heterocycles. The molecule has 0 bridgehead atoms. The number of halogens is 2. The summed E-state index contributed by atoms with van der Waals surface area (Å²) < 4.78 is 13.4. The molecule has 6 heteroatoms. The number of carbonyl (C=O) groups excluding carboxylic acids is 1. The van der Waals surface area contributed by atoms with E-state index in [0.29, 0.717) is 11.3 Å². The minimum atomic E-state index is -0.632. The fourth-order valence-corrected chi connectivity index (χ4v) is 2.05. The van der Waals surface area contributed by atoms with Crippen LogP contribution in [0.15, 0.2) is 42.5 Å². The third-order valence-electron chi connectivity index (χ3n) is 2.99. The summed E-state index contributed by atoms with van der Waals surface area (Å²) in [5.74, 6) is -0.988. The van der Waals surface area contributed by atoms with Gasteiger partial charge in [-0.15, -0.1) is 0 Å². The smallest absolute Gasteiger partial charge is 0.258 e. The van der Waals surface area contributed by atoms with Crippen molar-refractivity contribution < 1.29 is 9.18 Å². The van der Waals surface area contributed by atoms with Crippen LogP contribution in [-0.2, 0) is 0 Å². The van der Waals surface area contributed by atoms with Gasteiger partial charge in [0.1, 0.15) is 10.8 Å². The molecule has 0 heterocycles. The van der Waals surface area contributed by atoms with Crippen LogP contribution in [0, 0.1) is 5.82 Å². The van der Waals surface area contributed by atoms with Crippen molar-refractivity contribution in [3.8, 4) is 0 Å². The van der Waals surface area contributed by atoms with Crippen molar-refractivity contribution in [1.82, 2.24) is 0 Å². The van der Waals surface area contributed by atoms with Crippen LogP contribution in [0.5, 0.6) is 0 Å². The summed E-state index contributed by atoms with van der Waals surface area (Å²) in [7, 11) is 1.59. The Bertz CT molecular complexity index is 721. The second-order valence-electron chi connectivity index (χ2n) is 4.41. The number of amides is 1. The number of nitrogens with two attached hydrogens (primary N) is 1. The summed E-state index contributed by atoms with van der Waals surface area (Å²) in [6.45, 7) is 0. The van der Waals surface area contributed by atoms with Crippen molar-refractivity contribution in [3.05, 3.63) is 64.4 Å². The molecule has 3 nitrogen and oxygen atoms in total. The molecule has 0 saturated carbocycles. The summed E-state index contributed by atoms with van der Waals surface area (Å²) in [5.41, 5.74) is 7.05. The van der Waals surface area contributed by atoms with Crippen molar-refractivity contribution in [2.45, 2.75) is 0 Å². The predicted octanol–water partition coefficient (Wildman–Crippen LogP) is 3.39. The van der Waals surface area contributed by atoms with Gasteiger partial charge in [-0.1, -0.05) is 36.0 Å². The first-order valence-corrected chi connectivity index (χ1v) is 6.81. The van der Waals surface area contributed by atoms with Gasteiger partial charge in [0.25, 0.3) is 5.91 Å². The monoisotopic (exact) mass is 322 g/mol. The molecule has 0 aromatic heterocycles. The quantitative estimate of drug-likeness (QED) is 0.881. The Kier molecular flexibility index (Phi) is 4.55. The van der Waals surface area contributed by atoms with Crippen LogP contribution in [0.3, 0.4) is 0 Å². The Balaban J connectivity index is 2.32. The molecule has 1 amide bonds. The normalized spacial score (nSPS) is 10.2. The molecule has 0 aliphatic carbocycles. The summed E-state index contributed by atoms with van der Waals surface area (Å²) >= 11 is 10.5. The second kappa shape index (κ2) is 6.20. The minimum Gasteiger partial charge on any atom is -0.389 e. The van der Waals surface area contributed by atoms with E-state index in [4.69, 9.17) is 29.6 Å². The maximum Gasteiger partial charge on any atom is 0.258 e. The van der Waals surface area contributed by atoms with Crippen LogP contribution in [0.25, 0.3) is 0 Å². The number of nitrogens with zero attached hydrogens (tertiary/aromatic N) is 1. The van der Waals surface area contributed by atoms with E-state index in [-0.39, 0.29) is 21.5 Å². The molecule has 2 rings (SSSR count). The third-order valence-corrected chi connectivity index (χ3v) is 3.53. The Labute approximate surface area is 132 Å². The van der Waals surface area contributed by atoms with E-state index >= 15 is 0 Å². The van der Waals surface area contributed by atoms with Crippen LogP contribution in [0.2, 0.25) is 5.02 Å². The standard InChI is InChI=1S/C15H12ClFN2OS/c1-19(11-4-2-3-9(7-11)14(18)21)15(20)10-5-6-12(16)13(17)8-10/h2-8H,1H3,(H2,18,21). The van der Waals surface area contributed by atoms with Crippen LogP contribution in [0.1, 0.15) is 15.9 Å². The van der Waals surface area contributed by atoms with E-state index in [1.54, 1.807) is 31.3 Å². The largest absolute Gasteiger partial charge is 0.389 e. The third kappa shape index (κ3) is 3.37. The number of rotatable bonds is 3. The van der Waals surface area contributed by atoms with Gasteiger partial charge in [0.05, 0.1) is 5.02 Å². The Morgan fingerprint density at radius 3 is 2.57 bits per heavy atom. The zero-order valence-corrected chi connectivity index (χ0v) is 12.7. The Hall–Kier alpha value is -1.98. The molecule has 2 aromatic rings. The summed E-state index contributed by atoms with van der Waals surface area (Å²) in [6, 6.07) is 10.9. The number of hydrogen-bond donors (Lipinski definition) is 1. The average molecular weight is 323 g/mol. The molecule has 0 spiro atoms. The molecular formula is C15H12ClFN2OS. The highest BCUT2D eigenvalue weighted by molar-refractivity contribution is 7.80. The zero-order valence-electron chi connectivity index (χ0n) is 11.1. The molecule has 0 aliphatic rings. The van der Waals surface area contributed by atoms with Crippen molar-refractivity contribution in [2.24, 2.45) is 5.73 Å². The van der Waals surface area contributed by atoms with Crippen molar-refractivity contribution in [2.75, 3.05) is 11.9 Å². The molecule has 21 heavy (non-hydrogen) atoms. The van der Waals surface area contributed by atoms with Gasteiger partial charge in [-0.3, -0.25) is 4.79 Å². The fraction of sp³-hybridized carbons (Fsp3) is 0.0667. The molecule has 0 atom stereocenters. The lowest BCUT2D eigenvalue weighted by atomic mass is 10.1. The topological polar surface area (TPSA) is 46.3 Å². The molecule has 2 N–H and O–H groups in total. The van der Waals surface area contributed by atoms with E-state index in [1.165, 1.54) is 17.0 Å². The van der Waals surface area contributed by atoms with Gasteiger partial charge in [-0.2, -0.15) is 0 Å². The summed E-state index contributed by atoms with van der Waals surface area (Å²) in [6.07, 6.45) is 0. The Morgan fingerprint density at radius 1 is 1.24 bits per heavy atom. The van der Waals surface area contributed by atoms with Crippen molar-refractivity contribution >= 4 is 40.4 Å². The Morgan fingerprint density at radius 2 is 1.95 bits per heavy atom. The van der Waals surface area contributed by atoms with Crippen LogP contribution in [-0.4, -0.2) is 17.9 Å². The van der Waals surface area contributed by atoms with Crippen molar-refractivity contribution in [3.63, 3.8) is 0 Å². The van der Waals surface area contributed by atoms with Gasteiger partial charge in [0.15, 0.2) is 0 Å². The number of benzene rings is 2. The SMILES string of the molecule is CN(C(=O)c1ccc(Cl)c(F)c1)c1cccc(C(N)=S)c1. The van der Waals surface area contributed by atoms with E-state index in [2.05, 4.69) is 0 Å². The first-order valence-electron chi connectivity index (χ1n) is 6.03. The van der Waals surface area contributed by atoms with E-state index in [1.807, 2.05) is 0 Å². The van der Waals surface area contributed by atoms with E-state index < -0.39 is 5.82 Å². The van der Waals surface area contributed by atoms with Gasteiger partial charge < -0.3 is 10.6 Å². The molecule has 0 fully saturated rings. The van der Waals surface area contributed by atoms with E-state index in [0.717, 1.165) is 6.07 Å². The summed E-state index contributed by atoms with van der Waals surface area (Å²) in [5, 5.41) is -0.0234. The lowest BCUT2D eigenvalue weighted by Gasteiger charge is -2.18. The highest BCUT2D eigenvalue weighted by atomic mass is 35.5.